The Bertz CT molecular complexity index is 5850. The molecule has 3 heterocycles. The highest BCUT2D eigenvalue weighted by Gasteiger charge is 2.47. The summed E-state index contributed by atoms with van der Waals surface area (Å²) in [6, 6.07) is 147. The SMILES string of the molecule is CC(C)(C)c1ccc2c(c1)c1cc(C(C)(C)C)ccc1n2-c1cc(-n2c3ccccc3c3ccccc32)nc(-c2cc([Si](c3ccccc3)(c3cccc(-c4ccccc4)c3)c3cccc(-c4ccccc4)c3)cc([Si](c3ccccc3)(c3cccc(-c4ccccc4)c3)c3cccc(-c4ccccc4)c3)c2)n1. The van der Waals surface area contributed by atoms with Crippen LogP contribution >= 0.6 is 0 Å². The summed E-state index contributed by atoms with van der Waals surface area (Å²) in [5.41, 5.74) is 16.8. The lowest BCUT2D eigenvalue weighted by Crippen LogP contribution is -2.78. The van der Waals surface area contributed by atoms with Gasteiger partial charge in [-0.15, -0.1) is 0 Å². The first-order valence-corrected chi connectivity index (χ1v) is 41.7. The highest BCUT2D eigenvalue weighted by Crippen LogP contribution is 2.40. The summed E-state index contributed by atoms with van der Waals surface area (Å²) in [6.07, 6.45) is 0. The Balaban J connectivity index is 1.05. The maximum Gasteiger partial charge on any atom is 0.179 e. The molecule has 0 saturated carbocycles. The summed E-state index contributed by atoms with van der Waals surface area (Å²) >= 11 is 0. The van der Waals surface area contributed by atoms with Crippen LogP contribution in [0.1, 0.15) is 52.7 Å². The minimum Gasteiger partial charge on any atom is -0.294 e. The van der Waals surface area contributed by atoms with Gasteiger partial charge in [-0.3, -0.25) is 9.13 Å². The fourth-order valence-corrected chi connectivity index (χ4v) is 26.9. The lowest BCUT2D eigenvalue weighted by molar-refractivity contribution is 0.590. The summed E-state index contributed by atoms with van der Waals surface area (Å²) in [5.74, 6) is 2.15. The van der Waals surface area contributed by atoms with Gasteiger partial charge in [-0.1, -0.05) is 387 Å². The Labute approximate surface area is 635 Å². The van der Waals surface area contributed by atoms with E-state index >= 15 is 0 Å². The molecule has 0 fully saturated rings. The second kappa shape index (κ2) is 27.4. The molecule has 18 rings (SSSR count). The van der Waals surface area contributed by atoms with Crippen LogP contribution < -0.4 is 41.5 Å². The van der Waals surface area contributed by atoms with Crippen LogP contribution in [0.25, 0.3) is 111 Å². The normalized spacial score (nSPS) is 12.2. The number of aromatic nitrogens is 4. The topological polar surface area (TPSA) is 35.6 Å². The largest absolute Gasteiger partial charge is 0.294 e. The van der Waals surface area contributed by atoms with Crippen LogP contribution in [-0.2, 0) is 10.8 Å². The van der Waals surface area contributed by atoms with E-state index < -0.39 is 16.1 Å². The molecule has 0 spiro atoms. The second-order valence-corrected chi connectivity index (χ2v) is 38.5. The van der Waals surface area contributed by atoms with Crippen molar-refractivity contribution in [1.29, 1.82) is 0 Å². The van der Waals surface area contributed by atoms with Gasteiger partial charge in [0.15, 0.2) is 22.0 Å². The molecule has 0 aliphatic heterocycles. The van der Waals surface area contributed by atoms with Gasteiger partial charge in [0.2, 0.25) is 0 Å². The quantitative estimate of drug-likeness (QED) is 0.0757. The number of benzene rings is 15. The van der Waals surface area contributed by atoms with Gasteiger partial charge in [0.25, 0.3) is 0 Å². The van der Waals surface area contributed by atoms with Gasteiger partial charge >= 0.3 is 0 Å². The van der Waals surface area contributed by atoms with Gasteiger partial charge in [0.05, 0.1) is 22.1 Å². The van der Waals surface area contributed by atoms with Crippen molar-refractivity contribution in [3.63, 3.8) is 0 Å². The van der Waals surface area contributed by atoms with Crippen LogP contribution in [0.4, 0.5) is 0 Å². The molecule has 3 aromatic heterocycles. The molecule has 0 saturated heterocycles. The molecular formula is C102H82N4Si2. The van der Waals surface area contributed by atoms with E-state index in [1.807, 2.05) is 0 Å². The highest BCUT2D eigenvalue weighted by atomic mass is 28.3. The lowest BCUT2D eigenvalue weighted by atomic mass is 9.85. The molecule has 0 amide bonds. The Kier molecular flexibility index (Phi) is 17.1. The highest BCUT2D eigenvalue weighted by molar-refractivity contribution is 7.22. The summed E-state index contributed by atoms with van der Waals surface area (Å²) in [5, 5.41) is 14.6. The molecule has 108 heavy (non-hydrogen) atoms. The van der Waals surface area contributed by atoms with E-state index in [4.69, 9.17) is 9.97 Å². The molecule has 518 valence electrons. The van der Waals surface area contributed by atoms with Gasteiger partial charge in [0, 0.05) is 33.2 Å². The van der Waals surface area contributed by atoms with Crippen molar-refractivity contribution in [3.8, 4) is 67.5 Å². The summed E-state index contributed by atoms with van der Waals surface area (Å²) in [4.78, 5) is 12.4. The monoisotopic (exact) mass is 1420 g/mol. The maximum atomic E-state index is 6.23. The molecule has 0 bridgehead atoms. The molecule has 0 atom stereocenters. The van der Waals surface area contributed by atoms with E-state index in [0.717, 1.165) is 94.5 Å². The number of para-hydroxylation sites is 2. The van der Waals surface area contributed by atoms with Crippen molar-refractivity contribution >= 4 is 101 Å². The first-order chi connectivity index (χ1) is 52.8. The van der Waals surface area contributed by atoms with Gasteiger partial charge in [-0.25, -0.2) is 9.97 Å². The van der Waals surface area contributed by atoms with E-state index in [0.29, 0.717) is 5.82 Å². The van der Waals surface area contributed by atoms with Gasteiger partial charge in [-0.05, 0) is 144 Å². The number of hydrogen-bond acceptors (Lipinski definition) is 2. The average molecular weight is 1420 g/mol. The van der Waals surface area contributed by atoms with E-state index in [2.05, 4.69) is 439 Å². The van der Waals surface area contributed by atoms with Crippen molar-refractivity contribution in [2.45, 2.75) is 52.4 Å². The zero-order valence-electron chi connectivity index (χ0n) is 61.7. The fourth-order valence-electron chi connectivity index (χ4n) is 17.0. The molecule has 0 aliphatic carbocycles. The predicted molar refractivity (Wildman–Crippen MR) is 463 cm³/mol. The molecule has 4 nitrogen and oxygen atoms in total. The molecule has 15 aromatic carbocycles. The van der Waals surface area contributed by atoms with Crippen LogP contribution in [0.5, 0.6) is 0 Å². The lowest BCUT2D eigenvalue weighted by Gasteiger charge is -2.39. The summed E-state index contributed by atoms with van der Waals surface area (Å²) in [7, 11) is -7.39. The standard InChI is InChI=1S/C102H82N4Si2/c1-101(2,3)80-57-59-96-92(67-80)93-68-81(102(4,5)6)58-60-97(93)106(96)99-70-98(105-94-55-27-25-53-90(94)91-54-26-28-56-95(91)105)103-100(104-99)79-65-88(107(82-45-21-11-22-46-82,84-49-29-41-75(61-84)71-33-13-7-14-34-71)85-50-30-42-76(62-85)72-35-15-8-16-36-72)69-89(66-79)108(83-47-23-12-24-48-83,86-51-31-43-77(63-86)73-37-17-9-18-38-73)87-52-32-44-78(64-87)74-39-19-10-20-40-74/h7-70H,1-6H3. The summed E-state index contributed by atoms with van der Waals surface area (Å²) < 4.78 is 4.81. The van der Waals surface area contributed by atoms with Crippen molar-refractivity contribution < 1.29 is 0 Å². The van der Waals surface area contributed by atoms with Crippen LogP contribution in [0, 0.1) is 0 Å². The van der Waals surface area contributed by atoms with Crippen molar-refractivity contribution in [2.75, 3.05) is 0 Å². The second-order valence-electron chi connectivity index (χ2n) is 30.9. The maximum absolute atomic E-state index is 6.23. The Morgan fingerprint density at radius 1 is 0.204 bits per heavy atom. The van der Waals surface area contributed by atoms with Gasteiger partial charge in [0.1, 0.15) is 11.6 Å². The third-order valence-corrected chi connectivity index (χ3v) is 31.7. The number of rotatable bonds is 15. The third kappa shape index (κ3) is 11.9. The van der Waals surface area contributed by atoms with Gasteiger partial charge < -0.3 is 0 Å². The third-order valence-electron chi connectivity index (χ3n) is 22.3. The fraction of sp³-hybridized carbons (Fsp3) is 0.0784. The first kappa shape index (κ1) is 67.3. The Morgan fingerprint density at radius 2 is 0.472 bits per heavy atom. The molecule has 0 N–H and O–H groups in total. The molecule has 18 aromatic rings. The van der Waals surface area contributed by atoms with E-state index in [9.17, 15) is 0 Å². The number of fused-ring (bicyclic) bond motifs is 6. The first-order valence-electron chi connectivity index (χ1n) is 37.7. The van der Waals surface area contributed by atoms with E-state index in [1.54, 1.807) is 0 Å². The molecule has 0 radical (unpaired) electrons. The predicted octanol–water partition coefficient (Wildman–Crippen LogP) is 20.4. The molecule has 0 aliphatic rings. The van der Waals surface area contributed by atoms with Crippen molar-refractivity contribution in [1.82, 2.24) is 19.1 Å². The Morgan fingerprint density at radius 3 is 0.796 bits per heavy atom. The molecule has 6 heteroatoms. The average Bonchev–Trinajstić information content (AvgIpc) is 0.814. The smallest absolute Gasteiger partial charge is 0.179 e. The van der Waals surface area contributed by atoms with Crippen LogP contribution in [0.2, 0.25) is 0 Å². The minimum absolute atomic E-state index is 0.104. The van der Waals surface area contributed by atoms with E-state index in [1.165, 1.54) is 63.4 Å². The summed E-state index contributed by atoms with van der Waals surface area (Å²) in [6.45, 7) is 13.9. The Hall–Kier alpha value is -12.6. The van der Waals surface area contributed by atoms with Gasteiger partial charge in [-0.2, -0.15) is 0 Å². The zero-order chi connectivity index (χ0) is 73.1. The minimum atomic E-state index is -3.70. The van der Waals surface area contributed by atoms with Crippen molar-refractivity contribution in [2.24, 2.45) is 0 Å². The number of nitrogens with zero attached hydrogens (tertiary/aromatic N) is 4. The van der Waals surface area contributed by atoms with E-state index in [-0.39, 0.29) is 10.8 Å². The zero-order valence-corrected chi connectivity index (χ0v) is 63.7. The van der Waals surface area contributed by atoms with Crippen LogP contribution in [0.3, 0.4) is 0 Å². The van der Waals surface area contributed by atoms with Crippen LogP contribution in [-0.4, -0.2) is 35.2 Å². The van der Waals surface area contributed by atoms with Crippen molar-refractivity contribution in [3.05, 3.63) is 399 Å². The van der Waals surface area contributed by atoms with Crippen LogP contribution in [0.15, 0.2) is 388 Å². The number of hydrogen-bond donors (Lipinski definition) is 0. The molecule has 0 unspecified atom stereocenters. The molecular weight excluding hydrogens is 1340 g/mol.